The summed E-state index contributed by atoms with van der Waals surface area (Å²) in [6.45, 7) is 13.9. The van der Waals surface area contributed by atoms with Crippen molar-refractivity contribution in [3.05, 3.63) is 0 Å². The first-order valence-electron chi connectivity index (χ1n) is 11.1. The van der Waals surface area contributed by atoms with E-state index < -0.39 is 0 Å². The van der Waals surface area contributed by atoms with E-state index in [9.17, 15) is 4.79 Å². The molecule has 3 aliphatic heterocycles. The predicted molar refractivity (Wildman–Crippen MR) is 109 cm³/mol. The average Bonchev–Trinajstić information content (AvgIpc) is 2.93. The fraction of sp³-hybridized carbons (Fsp3) is 0.952. The average molecular weight is 381 g/mol. The summed E-state index contributed by atoms with van der Waals surface area (Å²) < 4.78 is 5.90. The highest BCUT2D eigenvalue weighted by Gasteiger charge is 2.46. The van der Waals surface area contributed by atoms with Crippen LogP contribution in [-0.4, -0.2) is 92.3 Å². The third-order valence-electron chi connectivity index (χ3n) is 6.37. The van der Waals surface area contributed by atoms with Gasteiger partial charge in [0.1, 0.15) is 5.60 Å². The molecule has 3 saturated heterocycles. The lowest BCUT2D eigenvalue weighted by Crippen LogP contribution is -2.49. The number of likely N-dealkylation sites (tertiary alicyclic amines) is 1. The lowest BCUT2D eigenvalue weighted by Gasteiger charge is -2.39. The van der Waals surface area contributed by atoms with Crippen LogP contribution in [0.25, 0.3) is 0 Å². The number of rotatable bonds is 8. The summed E-state index contributed by atoms with van der Waals surface area (Å²) in [5, 5.41) is 3.52. The number of carbonyl (C=O) groups is 1. The third kappa shape index (κ3) is 6.06. The number of nitrogens with one attached hydrogen (secondary N) is 1. The molecule has 1 N–H and O–H groups in total. The maximum absolute atomic E-state index is 12.4. The van der Waals surface area contributed by atoms with Crippen LogP contribution in [-0.2, 0) is 4.74 Å². The Hall–Kier alpha value is -0.850. The van der Waals surface area contributed by atoms with Gasteiger partial charge in [-0.05, 0) is 57.8 Å². The SMILES string of the molecule is CC(C)CN(C)CCCN1CC2(CCN(C[C@@H]3CCCNC3)CC2)OC1=O. The molecule has 0 aliphatic carbocycles. The van der Waals surface area contributed by atoms with Crippen LogP contribution in [0.3, 0.4) is 0 Å². The van der Waals surface area contributed by atoms with Gasteiger partial charge in [0.2, 0.25) is 0 Å². The quantitative estimate of drug-likeness (QED) is 0.700. The number of amides is 1. The van der Waals surface area contributed by atoms with E-state index in [2.05, 4.69) is 36.0 Å². The molecular formula is C21H40N4O2. The van der Waals surface area contributed by atoms with Crippen molar-refractivity contribution in [3.8, 4) is 0 Å². The molecule has 6 heteroatoms. The summed E-state index contributed by atoms with van der Waals surface area (Å²) in [5.41, 5.74) is -0.220. The second-order valence-corrected chi connectivity index (χ2v) is 9.50. The van der Waals surface area contributed by atoms with Crippen LogP contribution in [0.4, 0.5) is 4.79 Å². The van der Waals surface area contributed by atoms with Gasteiger partial charge >= 0.3 is 6.09 Å². The van der Waals surface area contributed by atoms with Gasteiger partial charge in [-0.1, -0.05) is 13.8 Å². The van der Waals surface area contributed by atoms with Crippen molar-refractivity contribution in [2.75, 3.05) is 66.0 Å². The zero-order valence-corrected chi connectivity index (χ0v) is 17.7. The van der Waals surface area contributed by atoms with Crippen molar-refractivity contribution < 1.29 is 9.53 Å². The Labute approximate surface area is 165 Å². The van der Waals surface area contributed by atoms with Gasteiger partial charge in [0.05, 0.1) is 6.54 Å². The topological polar surface area (TPSA) is 48.0 Å². The van der Waals surface area contributed by atoms with Gasteiger partial charge < -0.3 is 24.8 Å². The van der Waals surface area contributed by atoms with E-state index in [0.717, 1.165) is 71.0 Å². The predicted octanol–water partition coefficient (Wildman–Crippen LogP) is 2.25. The van der Waals surface area contributed by atoms with Gasteiger partial charge in [-0.2, -0.15) is 0 Å². The van der Waals surface area contributed by atoms with Crippen LogP contribution in [0.1, 0.15) is 46.0 Å². The summed E-state index contributed by atoms with van der Waals surface area (Å²) >= 11 is 0. The molecule has 0 saturated carbocycles. The minimum atomic E-state index is -0.220. The first-order valence-corrected chi connectivity index (χ1v) is 11.1. The third-order valence-corrected chi connectivity index (χ3v) is 6.37. The molecule has 156 valence electrons. The van der Waals surface area contributed by atoms with Crippen molar-refractivity contribution in [1.29, 1.82) is 0 Å². The van der Waals surface area contributed by atoms with Crippen LogP contribution < -0.4 is 5.32 Å². The molecule has 0 bridgehead atoms. The van der Waals surface area contributed by atoms with Gasteiger partial charge in [-0.3, -0.25) is 0 Å². The molecule has 1 atom stereocenters. The Balaban J connectivity index is 1.38. The van der Waals surface area contributed by atoms with Crippen LogP contribution >= 0.6 is 0 Å². The van der Waals surface area contributed by atoms with Gasteiger partial charge in [-0.15, -0.1) is 0 Å². The van der Waals surface area contributed by atoms with Gasteiger partial charge in [0.25, 0.3) is 0 Å². The van der Waals surface area contributed by atoms with E-state index in [1.165, 1.54) is 25.9 Å². The number of hydrogen-bond donors (Lipinski definition) is 1. The van der Waals surface area contributed by atoms with E-state index in [1.54, 1.807) is 0 Å². The van der Waals surface area contributed by atoms with Crippen LogP contribution in [0, 0.1) is 11.8 Å². The van der Waals surface area contributed by atoms with E-state index in [1.807, 2.05) is 4.90 Å². The maximum Gasteiger partial charge on any atom is 0.410 e. The highest BCUT2D eigenvalue weighted by Crippen LogP contribution is 2.33. The van der Waals surface area contributed by atoms with E-state index in [0.29, 0.717) is 5.92 Å². The largest absolute Gasteiger partial charge is 0.441 e. The lowest BCUT2D eigenvalue weighted by molar-refractivity contribution is -0.00339. The van der Waals surface area contributed by atoms with Crippen molar-refractivity contribution in [2.24, 2.45) is 11.8 Å². The van der Waals surface area contributed by atoms with Gasteiger partial charge in [0, 0.05) is 45.6 Å². The lowest BCUT2D eigenvalue weighted by atomic mass is 9.90. The first-order chi connectivity index (χ1) is 13.0. The molecule has 1 amide bonds. The molecule has 3 fully saturated rings. The van der Waals surface area contributed by atoms with Crippen LogP contribution in [0.15, 0.2) is 0 Å². The Morgan fingerprint density at radius 3 is 2.78 bits per heavy atom. The van der Waals surface area contributed by atoms with Gasteiger partial charge in [-0.25, -0.2) is 4.79 Å². The standard InChI is InChI=1S/C21H40N4O2/c1-18(2)15-23(3)10-5-11-25-17-21(27-20(25)26)7-12-24(13-8-21)16-19-6-4-9-22-14-19/h18-19,22H,4-17H2,1-3H3/t19-/m1/s1. The minimum Gasteiger partial charge on any atom is -0.441 e. The number of piperidine rings is 2. The number of ether oxygens (including phenoxy) is 1. The highest BCUT2D eigenvalue weighted by molar-refractivity contribution is 5.70. The Morgan fingerprint density at radius 2 is 2.11 bits per heavy atom. The van der Waals surface area contributed by atoms with Crippen molar-refractivity contribution in [2.45, 2.75) is 51.6 Å². The Kier molecular flexibility index (Phi) is 7.40. The Bertz CT molecular complexity index is 471. The van der Waals surface area contributed by atoms with Crippen molar-refractivity contribution >= 4 is 6.09 Å². The zero-order valence-electron chi connectivity index (χ0n) is 17.7. The number of nitrogens with zero attached hydrogens (tertiary/aromatic N) is 3. The molecule has 1 spiro atoms. The molecule has 0 aromatic heterocycles. The molecule has 0 aromatic carbocycles. The summed E-state index contributed by atoms with van der Waals surface area (Å²) in [7, 11) is 2.17. The second-order valence-electron chi connectivity index (χ2n) is 9.50. The number of hydrogen-bond acceptors (Lipinski definition) is 5. The molecule has 3 rings (SSSR count). The first kappa shape index (κ1) is 20.9. The molecule has 6 nitrogen and oxygen atoms in total. The van der Waals surface area contributed by atoms with E-state index >= 15 is 0 Å². The summed E-state index contributed by atoms with van der Waals surface area (Å²) in [5.74, 6) is 1.47. The summed E-state index contributed by atoms with van der Waals surface area (Å²) in [6.07, 6.45) is 5.57. The molecule has 3 heterocycles. The van der Waals surface area contributed by atoms with Gasteiger partial charge in [0.15, 0.2) is 0 Å². The molecular weight excluding hydrogens is 340 g/mol. The zero-order chi connectivity index (χ0) is 19.3. The van der Waals surface area contributed by atoms with Crippen molar-refractivity contribution in [3.63, 3.8) is 0 Å². The van der Waals surface area contributed by atoms with E-state index in [4.69, 9.17) is 4.74 Å². The maximum atomic E-state index is 12.4. The van der Waals surface area contributed by atoms with E-state index in [-0.39, 0.29) is 11.7 Å². The summed E-state index contributed by atoms with van der Waals surface area (Å²) in [4.78, 5) is 19.3. The highest BCUT2D eigenvalue weighted by atomic mass is 16.6. The summed E-state index contributed by atoms with van der Waals surface area (Å²) in [6, 6.07) is 0. The number of carbonyl (C=O) groups excluding carboxylic acids is 1. The fourth-order valence-corrected chi connectivity index (χ4v) is 4.96. The normalized spacial score (nSPS) is 26.3. The second kappa shape index (κ2) is 9.57. The minimum absolute atomic E-state index is 0.0913. The Morgan fingerprint density at radius 1 is 1.33 bits per heavy atom. The molecule has 27 heavy (non-hydrogen) atoms. The molecule has 0 radical (unpaired) electrons. The molecule has 0 aromatic rings. The molecule has 3 aliphatic rings. The fourth-order valence-electron chi connectivity index (χ4n) is 4.96. The van der Waals surface area contributed by atoms with Crippen LogP contribution in [0.5, 0.6) is 0 Å². The smallest absolute Gasteiger partial charge is 0.410 e. The van der Waals surface area contributed by atoms with Crippen LogP contribution in [0.2, 0.25) is 0 Å². The van der Waals surface area contributed by atoms with Crippen molar-refractivity contribution in [1.82, 2.24) is 20.0 Å². The monoisotopic (exact) mass is 380 g/mol. The molecule has 0 unspecified atom stereocenters.